The van der Waals surface area contributed by atoms with E-state index in [4.69, 9.17) is 9.52 Å². The Morgan fingerprint density at radius 3 is 2.33 bits per heavy atom. The minimum atomic E-state index is -0.00420. The Labute approximate surface area is 130 Å². The third-order valence-electron chi connectivity index (χ3n) is 3.32. The summed E-state index contributed by atoms with van der Waals surface area (Å²) in [5.74, 6) is 2.62. The molecule has 0 aliphatic carbocycles. The maximum Gasteiger partial charge on any atom is 0.207 e. The van der Waals surface area contributed by atoms with Gasteiger partial charge in [0.25, 0.3) is 0 Å². The van der Waals surface area contributed by atoms with Gasteiger partial charge in [-0.3, -0.25) is 0 Å². The molecule has 4 heteroatoms. The highest BCUT2D eigenvalue weighted by atomic mass is 32.2. The van der Waals surface area contributed by atoms with Gasteiger partial charge in [-0.05, 0) is 18.1 Å². The molecule has 1 unspecified atom stereocenters. The standard InChI is InChI=1S/C17H23NO2S/c1-12(16-18-9-15(20-16)17(2,3)4)21-11-14-7-5-13(10-19)6-8-14/h5-9,12,19H,10-11H2,1-4H3. The summed E-state index contributed by atoms with van der Waals surface area (Å²) >= 11 is 1.80. The van der Waals surface area contributed by atoms with Crippen LogP contribution in [0.1, 0.15) is 55.7 Å². The van der Waals surface area contributed by atoms with E-state index < -0.39 is 0 Å². The van der Waals surface area contributed by atoms with Crippen LogP contribution in [0, 0.1) is 0 Å². The quantitative estimate of drug-likeness (QED) is 0.886. The molecule has 0 radical (unpaired) electrons. The zero-order valence-corrected chi connectivity index (χ0v) is 13.9. The van der Waals surface area contributed by atoms with Crippen LogP contribution in [-0.2, 0) is 17.8 Å². The molecule has 1 aromatic carbocycles. The molecule has 0 amide bonds. The van der Waals surface area contributed by atoms with Crippen molar-refractivity contribution in [3.05, 3.63) is 53.2 Å². The van der Waals surface area contributed by atoms with Crippen molar-refractivity contribution in [2.45, 2.75) is 50.7 Å². The van der Waals surface area contributed by atoms with Gasteiger partial charge >= 0.3 is 0 Å². The smallest absolute Gasteiger partial charge is 0.207 e. The van der Waals surface area contributed by atoms with Crippen LogP contribution in [0.3, 0.4) is 0 Å². The summed E-state index contributed by atoms with van der Waals surface area (Å²) in [6, 6.07) is 8.04. The predicted octanol–water partition coefficient (Wildman–Crippen LogP) is 4.46. The lowest BCUT2D eigenvalue weighted by atomic mass is 9.94. The van der Waals surface area contributed by atoms with Crippen LogP contribution in [0.5, 0.6) is 0 Å². The normalized spacial score (nSPS) is 13.4. The lowest BCUT2D eigenvalue weighted by molar-refractivity contribution is 0.282. The van der Waals surface area contributed by atoms with Gasteiger partial charge < -0.3 is 9.52 Å². The second-order valence-electron chi connectivity index (χ2n) is 6.24. The first kappa shape index (κ1) is 16.1. The van der Waals surface area contributed by atoms with Gasteiger partial charge in [0, 0.05) is 11.2 Å². The van der Waals surface area contributed by atoms with Gasteiger partial charge in [0.15, 0.2) is 0 Å². The van der Waals surface area contributed by atoms with Crippen molar-refractivity contribution in [1.29, 1.82) is 0 Å². The minimum Gasteiger partial charge on any atom is -0.444 e. The molecule has 0 aliphatic rings. The van der Waals surface area contributed by atoms with Gasteiger partial charge in [-0.25, -0.2) is 4.98 Å². The van der Waals surface area contributed by atoms with Crippen molar-refractivity contribution in [1.82, 2.24) is 4.98 Å². The first-order valence-electron chi connectivity index (χ1n) is 7.16. The summed E-state index contributed by atoms with van der Waals surface area (Å²) in [6.45, 7) is 8.58. The number of hydrogen-bond acceptors (Lipinski definition) is 4. The number of oxazole rings is 1. The molecule has 21 heavy (non-hydrogen) atoms. The first-order valence-corrected chi connectivity index (χ1v) is 8.21. The number of aliphatic hydroxyl groups excluding tert-OH is 1. The van der Waals surface area contributed by atoms with Crippen LogP contribution < -0.4 is 0 Å². The minimum absolute atomic E-state index is 0.00420. The Balaban J connectivity index is 1.94. The number of aliphatic hydroxyl groups is 1. The second-order valence-corrected chi connectivity index (χ2v) is 7.57. The third-order valence-corrected chi connectivity index (χ3v) is 4.52. The van der Waals surface area contributed by atoms with Crippen LogP contribution in [-0.4, -0.2) is 10.1 Å². The van der Waals surface area contributed by atoms with Crippen LogP contribution in [0.2, 0.25) is 0 Å². The van der Waals surface area contributed by atoms with E-state index in [-0.39, 0.29) is 17.3 Å². The third kappa shape index (κ3) is 4.35. The maximum absolute atomic E-state index is 9.04. The molecule has 0 saturated heterocycles. The summed E-state index contributed by atoms with van der Waals surface area (Å²) in [7, 11) is 0. The number of thioether (sulfide) groups is 1. The van der Waals surface area contributed by atoms with E-state index in [1.807, 2.05) is 18.3 Å². The average Bonchev–Trinajstić information content (AvgIpc) is 2.95. The molecule has 2 rings (SSSR count). The molecule has 1 heterocycles. The lowest BCUT2D eigenvalue weighted by Crippen LogP contribution is -2.09. The Bertz CT molecular complexity index is 569. The number of rotatable bonds is 5. The Hall–Kier alpha value is -1.26. The average molecular weight is 305 g/mol. The summed E-state index contributed by atoms with van der Waals surface area (Å²) < 4.78 is 5.87. The molecule has 0 saturated carbocycles. The van der Waals surface area contributed by atoms with Gasteiger partial charge in [0.1, 0.15) is 5.76 Å². The topological polar surface area (TPSA) is 46.3 Å². The summed E-state index contributed by atoms with van der Waals surface area (Å²) in [5.41, 5.74) is 2.18. The molecule has 0 aliphatic heterocycles. The van der Waals surface area contributed by atoms with Crippen molar-refractivity contribution in [3.8, 4) is 0 Å². The van der Waals surface area contributed by atoms with Gasteiger partial charge in [-0.15, -0.1) is 11.8 Å². The summed E-state index contributed by atoms with van der Waals surface area (Å²) in [5, 5.41) is 9.26. The van der Waals surface area contributed by atoms with Crippen molar-refractivity contribution < 1.29 is 9.52 Å². The summed E-state index contributed by atoms with van der Waals surface area (Å²) in [4.78, 5) is 4.40. The van der Waals surface area contributed by atoms with E-state index in [0.717, 1.165) is 23.0 Å². The van der Waals surface area contributed by atoms with E-state index in [1.165, 1.54) is 5.56 Å². The van der Waals surface area contributed by atoms with Crippen molar-refractivity contribution in [2.24, 2.45) is 0 Å². The predicted molar refractivity (Wildman–Crippen MR) is 87.3 cm³/mol. The Morgan fingerprint density at radius 2 is 1.81 bits per heavy atom. The number of benzene rings is 1. The van der Waals surface area contributed by atoms with Crippen LogP contribution in [0.25, 0.3) is 0 Å². The van der Waals surface area contributed by atoms with Gasteiger partial charge in [-0.2, -0.15) is 0 Å². The van der Waals surface area contributed by atoms with E-state index in [2.05, 4.69) is 44.8 Å². The monoisotopic (exact) mass is 305 g/mol. The molecule has 3 nitrogen and oxygen atoms in total. The molecular formula is C17H23NO2S. The lowest BCUT2D eigenvalue weighted by Gasteiger charge is -2.14. The molecule has 0 fully saturated rings. The fourth-order valence-corrected chi connectivity index (χ4v) is 2.74. The first-order chi connectivity index (χ1) is 9.90. The molecule has 2 aromatic rings. The molecule has 0 bridgehead atoms. The van der Waals surface area contributed by atoms with Crippen molar-refractivity contribution in [2.75, 3.05) is 0 Å². The number of aromatic nitrogens is 1. The van der Waals surface area contributed by atoms with Gasteiger partial charge in [0.2, 0.25) is 5.89 Å². The highest BCUT2D eigenvalue weighted by Gasteiger charge is 2.21. The SMILES string of the molecule is CC(SCc1ccc(CO)cc1)c1ncc(C(C)(C)C)o1. The van der Waals surface area contributed by atoms with Crippen LogP contribution >= 0.6 is 11.8 Å². The molecule has 0 spiro atoms. The number of hydrogen-bond donors (Lipinski definition) is 1. The van der Waals surface area contributed by atoms with Crippen molar-refractivity contribution >= 4 is 11.8 Å². The second kappa shape index (κ2) is 6.67. The largest absolute Gasteiger partial charge is 0.444 e. The van der Waals surface area contributed by atoms with Crippen LogP contribution in [0.4, 0.5) is 0 Å². The molecule has 114 valence electrons. The van der Waals surface area contributed by atoms with Crippen LogP contribution in [0.15, 0.2) is 34.9 Å². The van der Waals surface area contributed by atoms with Gasteiger partial charge in [0.05, 0.1) is 18.1 Å². The molecule has 1 N–H and O–H groups in total. The highest BCUT2D eigenvalue weighted by molar-refractivity contribution is 7.98. The van der Waals surface area contributed by atoms with E-state index >= 15 is 0 Å². The highest BCUT2D eigenvalue weighted by Crippen LogP contribution is 2.33. The zero-order valence-electron chi connectivity index (χ0n) is 13.1. The Kier molecular flexibility index (Phi) is 5.12. The van der Waals surface area contributed by atoms with E-state index in [1.54, 1.807) is 11.8 Å². The van der Waals surface area contributed by atoms with E-state index in [0.29, 0.717) is 0 Å². The zero-order chi connectivity index (χ0) is 15.5. The molecule has 1 aromatic heterocycles. The fourth-order valence-electron chi connectivity index (χ4n) is 1.86. The molecular weight excluding hydrogens is 282 g/mol. The number of nitrogens with zero attached hydrogens (tertiary/aromatic N) is 1. The van der Waals surface area contributed by atoms with E-state index in [9.17, 15) is 0 Å². The Morgan fingerprint density at radius 1 is 1.19 bits per heavy atom. The van der Waals surface area contributed by atoms with Gasteiger partial charge in [-0.1, -0.05) is 45.0 Å². The summed E-state index contributed by atoms with van der Waals surface area (Å²) in [6.07, 6.45) is 1.84. The fraction of sp³-hybridized carbons (Fsp3) is 0.471. The maximum atomic E-state index is 9.04. The van der Waals surface area contributed by atoms with Crippen molar-refractivity contribution in [3.63, 3.8) is 0 Å². The molecule has 1 atom stereocenters.